The number of esters is 1. The number of fused-ring (bicyclic) bond motifs is 1. The highest BCUT2D eigenvalue weighted by atomic mass is 19.4. The molecular weight excluding hydrogens is 425 g/mol. The van der Waals surface area contributed by atoms with E-state index in [1.165, 1.54) is 37.4 Å². The SMILES string of the molecule is COc1ccccc1-c1c(C(F)(F)F)oc2cc(OC(=O)C3CCCCC3)ccc2c1=O. The van der Waals surface area contributed by atoms with Crippen molar-refractivity contribution in [3.8, 4) is 22.6 Å². The molecule has 1 aromatic heterocycles. The van der Waals surface area contributed by atoms with Crippen LogP contribution in [0.2, 0.25) is 0 Å². The first kappa shape index (κ1) is 21.9. The van der Waals surface area contributed by atoms with Crippen LogP contribution in [0.3, 0.4) is 0 Å². The fraction of sp³-hybridized carbons (Fsp3) is 0.333. The molecule has 0 saturated heterocycles. The van der Waals surface area contributed by atoms with Crippen LogP contribution in [0.15, 0.2) is 51.7 Å². The molecule has 168 valence electrons. The van der Waals surface area contributed by atoms with Crippen LogP contribution in [0.25, 0.3) is 22.1 Å². The molecule has 5 nitrogen and oxygen atoms in total. The summed E-state index contributed by atoms with van der Waals surface area (Å²) in [5.74, 6) is -1.94. The standard InChI is InChI=1S/C24H21F3O5/c1-30-18-10-6-5-9-16(18)20-21(28)17-12-11-15(13-19(17)32-22(20)24(25,26)27)31-23(29)14-7-3-2-4-8-14/h5-6,9-14H,2-4,7-8H2,1H3. The third-order valence-corrected chi connectivity index (χ3v) is 5.65. The lowest BCUT2D eigenvalue weighted by atomic mass is 9.89. The number of hydrogen-bond donors (Lipinski definition) is 0. The third kappa shape index (κ3) is 4.22. The molecule has 32 heavy (non-hydrogen) atoms. The lowest BCUT2D eigenvalue weighted by molar-refractivity contribution is -0.152. The minimum Gasteiger partial charge on any atom is -0.496 e. The van der Waals surface area contributed by atoms with Crippen LogP contribution in [0.4, 0.5) is 13.2 Å². The number of benzene rings is 2. The number of methoxy groups -OCH3 is 1. The number of para-hydroxylation sites is 1. The molecule has 3 aromatic rings. The Balaban J connectivity index is 1.81. The second-order valence-electron chi connectivity index (χ2n) is 7.75. The van der Waals surface area contributed by atoms with E-state index in [2.05, 4.69) is 0 Å². The normalized spacial score (nSPS) is 15.0. The zero-order valence-corrected chi connectivity index (χ0v) is 17.3. The van der Waals surface area contributed by atoms with E-state index in [0.717, 1.165) is 38.2 Å². The molecule has 0 bridgehead atoms. The number of halogens is 3. The first-order valence-electron chi connectivity index (χ1n) is 10.3. The maximum absolute atomic E-state index is 13.9. The Morgan fingerprint density at radius 3 is 2.47 bits per heavy atom. The number of alkyl halides is 3. The molecule has 1 saturated carbocycles. The van der Waals surface area contributed by atoms with Crippen LogP contribution in [0.1, 0.15) is 37.9 Å². The average molecular weight is 446 g/mol. The van der Waals surface area contributed by atoms with E-state index in [1.807, 2.05) is 0 Å². The Bertz CT molecular complexity index is 1210. The van der Waals surface area contributed by atoms with Gasteiger partial charge in [-0.1, -0.05) is 37.5 Å². The van der Waals surface area contributed by atoms with E-state index < -0.39 is 28.9 Å². The summed E-state index contributed by atoms with van der Waals surface area (Å²) in [4.78, 5) is 25.5. The Morgan fingerprint density at radius 2 is 1.78 bits per heavy atom. The molecule has 1 heterocycles. The van der Waals surface area contributed by atoms with Crippen molar-refractivity contribution in [2.45, 2.75) is 38.3 Å². The Morgan fingerprint density at radius 1 is 1.06 bits per heavy atom. The van der Waals surface area contributed by atoms with Crippen molar-refractivity contribution in [1.29, 1.82) is 0 Å². The van der Waals surface area contributed by atoms with E-state index in [-0.39, 0.29) is 33.9 Å². The highest BCUT2D eigenvalue weighted by Crippen LogP contribution is 2.40. The summed E-state index contributed by atoms with van der Waals surface area (Å²) in [6.45, 7) is 0. The van der Waals surface area contributed by atoms with E-state index >= 15 is 0 Å². The second-order valence-corrected chi connectivity index (χ2v) is 7.75. The molecule has 0 spiro atoms. The first-order valence-corrected chi connectivity index (χ1v) is 10.3. The van der Waals surface area contributed by atoms with Gasteiger partial charge in [-0.25, -0.2) is 0 Å². The number of carbonyl (C=O) groups excluding carboxylic acids is 1. The molecule has 0 atom stereocenters. The van der Waals surface area contributed by atoms with Gasteiger partial charge in [0.2, 0.25) is 11.2 Å². The van der Waals surface area contributed by atoms with E-state index in [1.54, 1.807) is 6.07 Å². The maximum atomic E-state index is 13.9. The van der Waals surface area contributed by atoms with Crippen LogP contribution >= 0.6 is 0 Å². The van der Waals surface area contributed by atoms with Crippen molar-refractivity contribution < 1.29 is 31.9 Å². The molecule has 0 N–H and O–H groups in total. The van der Waals surface area contributed by atoms with E-state index in [0.29, 0.717) is 0 Å². The summed E-state index contributed by atoms with van der Waals surface area (Å²) >= 11 is 0. The van der Waals surface area contributed by atoms with Gasteiger partial charge in [-0.3, -0.25) is 9.59 Å². The van der Waals surface area contributed by atoms with E-state index in [9.17, 15) is 22.8 Å². The molecule has 0 aliphatic heterocycles. The summed E-state index contributed by atoms with van der Waals surface area (Å²) in [6.07, 6.45) is -0.540. The van der Waals surface area contributed by atoms with Crippen LogP contribution in [-0.4, -0.2) is 13.1 Å². The summed E-state index contributed by atoms with van der Waals surface area (Å²) < 4.78 is 57.3. The average Bonchev–Trinajstić information content (AvgIpc) is 2.79. The monoisotopic (exact) mass is 446 g/mol. The van der Waals surface area contributed by atoms with Crippen molar-refractivity contribution in [3.63, 3.8) is 0 Å². The molecule has 4 rings (SSSR count). The van der Waals surface area contributed by atoms with Gasteiger partial charge in [-0.2, -0.15) is 13.2 Å². The van der Waals surface area contributed by atoms with Crippen LogP contribution in [0, 0.1) is 5.92 Å². The van der Waals surface area contributed by atoms with Crippen molar-refractivity contribution in [2.75, 3.05) is 7.11 Å². The molecule has 1 aliphatic carbocycles. The molecule has 0 unspecified atom stereocenters. The van der Waals surface area contributed by atoms with Gasteiger partial charge in [0.1, 0.15) is 17.1 Å². The summed E-state index contributed by atoms with van der Waals surface area (Å²) in [7, 11) is 1.31. The zero-order valence-electron chi connectivity index (χ0n) is 17.3. The maximum Gasteiger partial charge on any atom is 0.450 e. The Kier molecular flexibility index (Phi) is 5.95. The lowest BCUT2D eigenvalue weighted by Gasteiger charge is -2.20. The van der Waals surface area contributed by atoms with Gasteiger partial charge in [-0.15, -0.1) is 0 Å². The second kappa shape index (κ2) is 8.68. The van der Waals surface area contributed by atoms with Gasteiger partial charge in [0.15, 0.2) is 0 Å². The fourth-order valence-electron chi connectivity index (χ4n) is 4.07. The highest BCUT2D eigenvalue weighted by Gasteiger charge is 2.40. The predicted molar refractivity (Wildman–Crippen MR) is 112 cm³/mol. The molecule has 1 aliphatic rings. The fourth-order valence-corrected chi connectivity index (χ4v) is 4.07. The largest absolute Gasteiger partial charge is 0.496 e. The van der Waals surface area contributed by atoms with Gasteiger partial charge >= 0.3 is 12.1 Å². The summed E-state index contributed by atoms with van der Waals surface area (Å²) in [5, 5.41) is -0.0589. The van der Waals surface area contributed by atoms with Crippen LogP contribution < -0.4 is 14.9 Å². The van der Waals surface area contributed by atoms with E-state index in [4.69, 9.17) is 13.9 Å². The number of hydrogen-bond acceptors (Lipinski definition) is 5. The molecular formula is C24H21F3O5. The van der Waals surface area contributed by atoms with Gasteiger partial charge in [-0.05, 0) is 31.0 Å². The topological polar surface area (TPSA) is 65.7 Å². The van der Waals surface area contributed by atoms with Gasteiger partial charge in [0, 0.05) is 11.6 Å². The minimum absolute atomic E-state index is 0.0224. The number of rotatable bonds is 4. The third-order valence-electron chi connectivity index (χ3n) is 5.65. The predicted octanol–water partition coefficient (Wildman–Crippen LogP) is 5.97. The van der Waals surface area contributed by atoms with Gasteiger partial charge in [0.25, 0.3) is 0 Å². The smallest absolute Gasteiger partial charge is 0.450 e. The van der Waals surface area contributed by atoms with Gasteiger partial charge in [0.05, 0.1) is 24.0 Å². The van der Waals surface area contributed by atoms with Crippen LogP contribution in [-0.2, 0) is 11.0 Å². The van der Waals surface area contributed by atoms with Crippen molar-refractivity contribution in [1.82, 2.24) is 0 Å². The van der Waals surface area contributed by atoms with Crippen molar-refractivity contribution >= 4 is 16.9 Å². The zero-order chi connectivity index (χ0) is 22.9. The Labute approximate surface area is 181 Å². The highest BCUT2D eigenvalue weighted by molar-refractivity contribution is 5.86. The Hall–Kier alpha value is -3.29. The number of carbonyl (C=O) groups is 1. The summed E-state index contributed by atoms with van der Waals surface area (Å²) in [5.41, 5.74) is -1.82. The number of ether oxygens (including phenoxy) is 2. The van der Waals surface area contributed by atoms with Crippen molar-refractivity contribution in [2.24, 2.45) is 5.92 Å². The van der Waals surface area contributed by atoms with Gasteiger partial charge < -0.3 is 13.9 Å². The first-order chi connectivity index (χ1) is 15.3. The minimum atomic E-state index is -4.93. The molecule has 0 radical (unpaired) electrons. The lowest BCUT2D eigenvalue weighted by Crippen LogP contribution is -2.22. The summed E-state index contributed by atoms with van der Waals surface area (Å²) in [6, 6.07) is 9.78. The molecule has 0 amide bonds. The quantitative estimate of drug-likeness (QED) is 0.365. The molecule has 2 aromatic carbocycles. The van der Waals surface area contributed by atoms with Crippen molar-refractivity contribution in [3.05, 3.63) is 58.4 Å². The molecule has 1 fully saturated rings. The molecule has 8 heteroatoms. The van der Waals surface area contributed by atoms with Crippen LogP contribution in [0.5, 0.6) is 11.5 Å².